The van der Waals surface area contributed by atoms with Crippen LogP contribution in [-0.4, -0.2) is 41.2 Å². The average molecular weight is 458 g/mol. The minimum Gasteiger partial charge on any atom is -0.467 e. The van der Waals surface area contributed by atoms with E-state index in [-0.39, 0.29) is 17.6 Å². The molecule has 0 saturated heterocycles. The zero-order valence-electron chi connectivity index (χ0n) is 16.9. The second-order valence-electron chi connectivity index (χ2n) is 7.00. The van der Waals surface area contributed by atoms with Gasteiger partial charge in [0.05, 0.1) is 29.9 Å². The van der Waals surface area contributed by atoms with Crippen molar-refractivity contribution in [2.75, 3.05) is 11.1 Å². The van der Waals surface area contributed by atoms with E-state index in [1.165, 1.54) is 18.1 Å². The molecule has 0 aliphatic heterocycles. The minimum absolute atomic E-state index is 0.150. The van der Waals surface area contributed by atoms with Gasteiger partial charge in [-0.2, -0.15) is 5.10 Å². The number of hydrogen-bond acceptors (Lipinski definition) is 7. The summed E-state index contributed by atoms with van der Waals surface area (Å²) in [6.45, 7) is 4.60. The number of halogens is 1. The molecule has 3 aromatic heterocycles. The SMILES string of the molecule is CC(C)c1nnc(SCC(=O)Nc2cc(Cl)ccc2-n2cncn2)n1Cc1ccco1. The number of nitrogens with zero attached hydrogens (tertiary/aromatic N) is 6. The van der Waals surface area contributed by atoms with Crippen LogP contribution in [0, 0.1) is 0 Å². The fourth-order valence-corrected chi connectivity index (χ4v) is 3.92. The first kappa shape index (κ1) is 21.1. The molecule has 4 aromatic rings. The van der Waals surface area contributed by atoms with E-state index >= 15 is 0 Å². The number of benzene rings is 1. The number of furan rings is 1. The molecule has 0 aliphatic carbocycles. The molecule has 11 heteroatoms. The van der Waals surface area contributed by atoms with Crippen molar-refractivity contribution >= 4 is 35.0 Å². The summed E-state index contributed by atoms with van der Waals surface area (Å²) in [6, 6.07) is 8.92. The minimum atomic E-state index is -0.202. The highest BCUT2D eigenvalue weighted by Crippen LogP contribution is 2.26. The normalized spacial score (nSPS) is 11.2. The molecule has 1 amide bonds. The summed E-state index contributed by atoms with van der Waals surface area (Å²) in [5.74, 6) is 1.76. The Labute approximate surface area is 187 Å². The predicted octanol–water partition coefficient (Wildman–Crippen LogP) is 4.01. The fourth-order valence-electron chi connectivity index (χ4n) is 3.00. The summed E-state index contributed by atoms with van der Waals surface area (Å²) < 4.78 is 9.01. The number of rotatable bonds is 8. The standard InChI is InChI=1S/C20H20ClN7O2S/c1-13(2)19-25-26-20(27(19)9-15-4-3-7-30-15)31-10-18(29)24-16-8-14(21)5-6-17(16)28-12-22-11-23-28/h3-8,11-13H,9-10H2,1-2H3,(H,24,29). The number of anilines is 1. The third-order valence-corrected chi connectivity index (χ3v) is 5.59. The molecule has 0 bridgehead atoms. The van der Waals surface area contributed by atoms with Gasteiger partial charge in [-0.05, 0) is 30.3 Å². The van der Waals surface area contributed by atoms with E-state index in [9.17, 15) is 4.79 Å². The largest absolute Gasteiger partial charge is 0.467 e. The molecule has 4 rings (SSSR count). The number of amides is 1. The molecule has 0 saturated carbocycles. The van der Waals surface area contributed by atoms with Crippen molar-refractivity contribution in [3.63, 3.8) is 0 Å². The van der Waals surface area contributed by atoms with Gasteiger partial charge in [-0.15, -0.1) is 10.2 Å². The van der Waals surface area contributed by atoms with Gasteiger partial charge in [0.1, 0.15) is 24.2 Å². The third-order valence-electron chi connectivity index (χ3n) is 4.39. The maximum atomic E-state index is 12.7. The lowest BCUT2D eigenvalue weighted by molar-refractivity contribution is -0.113. The molecule has 1 aromatic carbocycles. The van der Waals surface area contributed by atoms with E-state index in [4.69, 9.17) is 16.0 Å². The van der Waals surface area contributed by atoms with E-state index in [0.717, 1.165) is 11.6 Å². The highest BCUT2D eigenvalue weighted by molar-refractivity contribution is 7.99. The van der Waals surface area contributed by atoms with Crippen LogP contribution in [0.4, 0.5) is 5.69 Å². The van der Waals surface area contributed by atoms with E-state index in [1.807, 2.05) is 16.7 Å². The lowest BCUT2D eigenvalue weighted by Crippen LogP contribution is -2.16. The first-order chi connectivity index (χ1) is 15.0. The lowest BCUT2D eigenvalue weighted by Gasteiger charge is -2.12. The fraction of sp³-hybridized carbons (Fsp3) is 0.250. The molecule has 0 unspecified atom stereocenters. The van der Waals surface area contributed by atoms with Crippen molar-refractivity contribution in [1.29, 1.82) is 0 Å². The predicted molar refractivity (Wildman–Crippen MR) is 118 cm³/mol. The van der Waals surface area contributed by atoms with Gasteiger partial charge in [0.25, 0.3) is 0 Å². The van der Waals surface area contributed by atoms with Gasteiger partial charge in [-0.3, -0.25) is 9.36 Å². The highest BCUT2D eigenvalue weighted by Gasteiger charge is 2.18. The quantitative estimate of drug-likeness (QED) is 0.398. The van der Waals surface area contributed by atoms with Crippen LogP contribution in [-0.2, 0) is 11.3 Å². The zero-order valence-corrected chi connectivity index (χ0v) is 18.5. The Morgan fingerprint density at radius 3 is 2.87 bits per heavy atom. The number of hydrogen-bond donors (Lipinski definition) is 1. The van der Waals surface area contributed by atoms with Gasteiger partial charge in [-0.1, -0.05) is 37.2 Å². The molecule has 0 radical (unpaired) electrons. The zero-order chi connectivity index (χ0) is 21.8. The maximum absolute atomic E-state index is 12.7. The average Bonchev–Trinajstić information content (AvgIpc) is 3.49. The Morgan fingerprint density at radius 1 is 1.29 bits per heavy atom. The van der Waals surface area contributed by atoms with Gasteiger partial charge in [0.15, 0.2) is 5.16 Å². The third kappa shape index (κ3) is 4.97. The Bertz CT molecular complexity index is 1160. The van der Waals surface area contributed by atoms with Gasteiger partial charge < -0.3 is 9.73 Å². The number of carbonyl (C=O) groups excluding carboxylic acids is 1. The summed E-state index contributed by atoms with van der Waals surface area (Å²) in [7, 11) is 0. The van der Waals surface area contributed by atoms with Crippen LogP contribution < -0.4 is 5.32 Å². The van der Waals surface area contributed by atoms with Crippen LogP contribution >= 0.6 is 23.4 Å². The monoisotopic (exact) mass is 457 g/mol. The number of thioether (sulfide) groups is 1. The van der Waals surface area contributed by atoms with Crippen molar-refractivity contribution in [2.45, 2.75) is 31.5 Å². The molecular formula is C20H20ClN7O2S. The Morgan fingerprint density at radius 2 is 2.16 bits per heavy atom. The van der Waals surface area contributed by atoms with E-state index in [0.29, 0.717) is 28.1 Å². The van der Waals surface area contributed by atoms with Crippen LogP contribution in [0.5, 0.6) is 0 Å². The van der Waals surface area contributed by atoms with Gasteiger partial charge in [-0.25, -0.2) is 9.67 Å². The topological polar surface area (TPSA) is 104 Å². The molecule has 31 heavy (non-hydrogen) atoms. The summed E-state index contributed by atoms with van der Waals surface area (Å²) >= 11 is 7.43. The summed E-state index contributed by atoms with van der Waals surface area (Å²) in [5, 5.41) is 16.8. The van der Waals surface area contributed by atoms with Crippen LogP contribution in [0.15, 0.2) is 58.8 Å². The van der Waals surface area contributed by atoms with Crippen LogP contribution in [0.1, 0.15) is 31.4 Å². The molecule has 0 aliphatic rings. The molecule has 3 heterocycles. The van der Waals surface area contributed by atoms with Gasteiger partial charge in [0.2, 0.25) is 5.91 Å². The van der Waals surface area contributed by atoms with Crippen molar-refractivity contribution in [3.8, 4) is 5.69 Å². The lowest BCUT2D eigenvalue weighted by atomic mass is 10.2. The van der Waals surface area contributed by atoms with E-state index < -0.39 is 0 Å². The Kier molecular flexibility index (Phi) is 6.38. The van der Waals surface area contributed by atoms with Crippen molar-refractivity contribution in [3.05, 3.63) is 65.9 Å². The molecule has 0 spiro atoms. The Balaban J connectivity index is 1.48. The second-order valence-corrected chi connectivity index (χ2v) is 8.38. The second kappa shape index (κ2) is 9.36. The number of nitrogens with one attached hydrogen (secondary N) is 1. The smallest absolute Gasteiger partial charge is 0.234 e. The molecule has 9 nitrogen and oxygen atoms in total. The molecule has 160 valence electrons. The summed E-state index contributed by atoms with van der Waals surface area (Å²) in [4.78, 5) is 16.6. The molecule has 1 N–H and O–H groups in total. The summed E-state index contributed by atoms with van der Waals surface area (Å²) in [5.41, 5.74) is 1.21. The van der Waals surface area contributed by atoms with E-state index in [2.05, 4.69) is 39.4 Å². The van der Waals surface area contributed by atoms with Crippen molar-refractivity contribution in [1.82, 2.24) is 29.5 Å². The van der Waals surface area contributed by atoms with Gasteiger partial charge >= 0.3 is 0 Å². The summed E-state index contributed by atoms with van der Waals surface area (Å²) in [6.07, 6.45) is 4.61. The Hall–Kier alpha value is -3.11. The first-order valence-electron chi connectivity index (χ1n) is 9.54. The highest BCUT2D eigenvalue weighted by atomic mass is 35.5. The molecule has 0 atom stereocenters. The van der Waals surface area contributed by atoms with Crippen LogP contribution in [0.25, 0.3) is 5.69 Å². The van der Waals surface area contributed by atoms with Gasteiger partial charge in [0, 0.05) is 10.9 Å². The van der Waals surface area contributed by atoms with E-state index in [1.54, 1.807) is 35.5 Å². The molecule has 0 fully saturated rings. The van der Waals surface area contributed by atoms with Crippen molar-refractivity contribution < 1.29 is 9.21 Å². The first-order valence-corrected chi connectivity index (χ1v) is 10.9. The van der Waals surface area contributed by atoms with Crippen LogP contribution in [0.3, 0.4) is 0 Å². The van der Waals surface area contributed by atoms with Crippen LogP contribution in [0.2, 0.25) is 5.02 Å². The number of carbonyl (C=O) groups is 1. The number of aromatic nitrogens is 6. The molecular weight excluding hydrogens is 438 g/mol. The maximum Gasteiger partial charge on any atom is 0.234 e. The van der Waals surface area contributed by atoms with Crippen molar-refractivity contribution in [2.24, 2.45) is 0 Å².